The fourth-order valence-corrected chi connectivity index (χ4v) is 3.92. The molecule has 11 heteroatoms. The van der Waals surface area contributed by atoms with Gasteiger partial charge in [-0.2, -0.15) is 0 Å². The van der Waals surface area contributed by atoms with E-state index in [1.165, 1.54) is 6.07 Å². The van der Waals surface area contributed by atoms with Crippen LogP contribution >= 0.6 is 11.6 Å². The van der Waals surface area contributed by atoms with Crippen molar-refractivity contribution in [3.8, 4) is 11.5 Å². The molecule has 0 aliphatic rings. The maximum Gasteiger partial charge on any atom is 0.341 e. The molecule has 1 amide bonds. The summed E-state index contributed by atoms with van der Waals surface area (Å²) in [5.41, 5.74) is 8.63. The van der Waals surface area contributed by atoms with Gasteiger partial charge in [0.25, 0.3) is 5.91 Å². The van der Waals surface area contributed by atoms with Crippen molar-refractivity contribution in [2.45, 2.75) is 32.9 Å². The van der Waals surface area contributed by atoms with Crippen molar-refractivity contribution in [1.29, 1.82) is 5.41 Å². The lowest BCUT2D eigenvalue weighted by molar-refractivity contribution is -0.139. The average Bonchev–Trinajstić information content (AvgIpc) is 2.87. The van der Waals surface area contributed by atoms with Crippen LogP contribution in [0.4, 0.5) is 11.4 Å². The van der Waals surface area contributed by atoms with Crippen LogP contribution in [0.1, 0.15) is 40.9 Å². The van der Waals surface area contributed by atoms with Crippen molar-refractivity contribution < 1.29 is 29.3 Å². The van der Waals surface area contributed by atoms with E-state index in [0.29, 0.717) is 39.7 Å². The number of ether oxygens (including phenoxy) is 2. The van der Waals surface area contributed by atoms with Crippen LogP contribution in [0.15, 0.2) is 54.6 Å². The molecule has 0 fully saturated rings. The second kappa shape index (κ2) is 13.5. The number of aliphatic hydroxyl groups excluding tert-OH is 1. The molecule has 0 aliphatic heterocycles. The van der Waals surface area contributed by atoms with Gasteiger partial charge in [-0.3, -0.25) is 10.2 Å². The molecule has 0 aliphatic carbocycles. The van der Waals surface area contributed by atoms with Crippen LogP contribution in [0, 0.1) is 5.41 Å². The number of nitrogens with one attached hydrogen (secondary N) is 3. The largest absolute Gasteiger partial charge is 0.487 e. The van der Waals surface area contributed by atoms with Crippen LogP contribution in [0.25, 0.3) is 0 Å². The van der Waals surface area contributed by atoms with Crippen LogP contribution in [-0.2, 0) is 17.8 Å². The number of halogens is 1. The summed E-state index contributed by atoms with van der Waals surface area (Å²) in [7, 11) is 0. The van der Waals surface area contributed by atoms with Crippen LogP contribution < -0.4 is 25.8 Å². The molecule has 0 saturated heterocycles. The zero-order valence-corrected chi connectivity index (χ0v) is 22.3. The van der Waals surface area contributed by atoms with Crippen molar-refractivity contribution in [3.63, 3.8) is 0 Å². The lowest BCUT2D eigenvalue weighted by atomic mass is 10.1. The first-order chi connectivity index (χ1) is 18.6. The molecule has 0 spiro atoms. The number of hydrogen-bond acceptors (Lipinski definition) is 7. The van der Waals surface area contributed by atoms with E-state index in [-0.39, 0.29) is 36.4 Å². The van der Waals surface area contributed by atoms with Crippen LogP contribution in [0.5, 0.6) is 11.5 Å². The minimum absolute atomic E-state index is 0.0779. The molecule has 0 bridgehead atoms. The molecule has 3 aromatic carbocycles. The highest BCUT2D eigenvalue weighted by atomic mass is 35.5. The Balaban J connectivity index is 1.91. The maximum absolute atomic E-state index is 13.2. The summed E-state index contributed by atoms with van der Waals surface area (Å²) in [5, 5.41) is 32.6. The van der Waals surface area contributed by atoms with Crippen LogP contribution in [0.3, 0.4) is 0 Å². The Bertz CT molecular complexity index is 1340. The standard InChI is InChI=1S/C28H31ClN4O6/c1-16(2)39-24-12-17(9-10-34)11-19(26(24)38-15-25(35)36)14-32-23-8-5-20(29)13-22(23)28(37)33-21-6-3-18(4-7-21)27(30)31/h3-8,11-13,16,32,34H,9-10,14-15H2,1-2H3,(H3,30,31)(H,33,37)(H,35,36). The number of anilines is 2. The van der Waals surface area contributed by atoms with Gasteiger partial charge in [0, 0.05) is 40.7 Å². The van der Waals surface area contributed by atoms with Crippen molar-refractivity contribution >= 4 is 40.7 Å². The Kier molecular flexibility index (Phi) is 10.1. The van der Waals surface area contributed by atoms with Gasteiger partial charge < -0.3 is 36.1 Å². The Morgan fingerprint density at radius 1 is 1.10 bits per heavy atom. The first-order valence-corrected chi connectivity index (χ1v) is 12.5. The van der Waals surface area contributed by atoms with Gasteiger partial charge in [-0.15, -0.1) is 0 Å². The Labute approximate surface area is 231 Å². The minimum atomic E-state index is -1.14. The average molecular weight is 555 g/mol. The number of carbonyl (C=O) groups excluding carboxylic acids is 1. The van der Waals surface area contributed by atoms with Crippen LogP contribution in [0.2, 0.25) is 5.02 Å². The first kappa shape index (κ1) is 29.3. The molecule has 10 nitrogen and oxygen atoms in total. The number of carbonyl (C=O) groups is 2. The van der Waals surface area contributed by atoms with Crippen molar-refractivity contribution in [3.05, 3.63) is 81.9 Å². The number of carboxylic acid groups (broad SMARTS) is 1. The zero-order valence-electron chi connectivity index (χ0n) is 21.6. The third-order valence-corrected chi connectivity index (χ3v) is 5.68. The van der Waals surface area contributed by atoms with Gasteiger partial charge in [0.2, 0.25) is 0 Å². The molecule has 3 aromatic rings. The van der Waals surface area contributed by atoms with Gasteiger partial charge in [0.1, 0.15) is 5.84 Å². The maximum atomic E-state index is 13.2. The van der Waals surface area contributed by atoms with Gasteiger partial charge in [-0.05, 0) is 80.4 Å². The fourth-order valence-electron chi connectivity index (χ4n) is 3.75. The minimum Gasteiger partial charge on any atom is -0.487 e. The number of nitrogens with two attached hydrogens (primary N) is 1. The molecule has 0 aromatic heterocycles. The summed E-state index contributed by atoms with van der Waals surface area (Å²) in [6, 6.07) is 14.9. The normalized spacial score (nSPS) is 10.7. The Hall–Kier alpha value is -4.28. The number of benzene rings is 3. The first-order valence-electron chi connectivity index (χ1n) is 12.1. The van der Waals surface area contributed by atoms with E-state index in [1.807, 2.05) is 13.8 Å². The van der Waals surface area contributed by atoms with Gasteiger partial charge in [0.05, 0.1) is 11.7 Å². The van der Waals surface area contributed by atoms with E-state index >= 15 is 0 Å². The third kappa shape index (κ3) is 8.36. The number of rotatable bonds is 13. The number of hydrogen-bond donors (Lipinski definition) is 6. The summed E-state index contributed by atoms with van der Waals surface area (Å²) < 4.78 is 11.5. The number of nitrogen functional groups attached to an aromatic ring is 1. The molecule has 0 radical (unpaired) electrons. The van der Waals surface area contributed by atoms with E-state index < -0.39 is 18.5 Å². The Morgan fingerprint density at radius 2 is 1.82 bits per heavy atom. The number of amides is 1. The van der Waals surface area contributed by atoms with Gasteiger partial charge in [-0.1, -0.05) is 11.6 Å². The number of aliphatic hydroxyl groups is 1. The summed E-state index contributed by atoms with van der Waals surface area (Å²) in [6.07, 6.45) is 0.149. The quantitative estimate of drug-likeness (QED) is 0.134. The predicted octanol–water partition coefficient (Wildman–Crippen LogP) is 4.27. The zero-order chi connectivity index (χ0) is 28.5. The molecule has 39 heavy (non-hydrogen) atoms. The highest BCUT2D eigenvalue weighted by Crippen LogP contribution is 2.35. The van der Waals surface area contributed by atoms with Gasteiger partial charge in [-0.25, -0.2) is 4.79 Å². The fraction of sp³-hybridized carbons (Fsp3) is 0.250. The Morgan fingerprint density at radius 3 is 2.44 bits per heavy atom. The summed E-state index contributed by atoms with van der Waals surface area (Å²) in [6.45, 7) is 3.17. The lowest BCUT2D eigenvalue weighted by Gasteiger charge is -2.20. The molecule has 0 atom stereocenters. The predicted molar refractivity (Wildman–Crippen MR) is 150 cm³/mol. The van der Waals surface area contributed by atoms with Crippen molar-refractivity contribution in [1.82, 2.24) is 0 Å². The summed E-state index contributed by atoms with van der Waals surface area (Å²) in [4.78, 5) is 24.4. The van der Waals surface area contributed by atoms with Crippen molar-refractivity contribution in [2.75, 3.05) is 23.8 Å². The summed E-state index contributed by atoms with van der Waals surface area (Å²) in [5.74, 6) is -1.03. The molecule has 0 saturated carbocycles. The molecule has 0 unspecified atom stereocenters. The van der Waals surface area contributed by atoms with E-state index in [1.54, 1.807) is 48.5 Å². The van der Waals surface area contributed by atoms with Crippen LogP contribution in [-0.4, -0.2) is 47.2 Å². The lowest BCUT2D eigenvalue weighted by Crippen LogP contribution is -2.17. The van der Waals surface area contributed by atoms with E-state index in [9.17, 15) is 19.8 Å². The molecular formula is C28H31ClN4O6. The number of aliphatic carboxylic acids is 1. The van der Waals surface area contributed by atoms with E-state index in [2.05, 4.69) is 10.6 Å². The molecule has 7 N–H and O–H groups in total. The summed E-state index contributed by atoms with van der Waals surface area (Å²) >= 11 is 6.20. The monoisotopic (exact) mass is 554 g/mol. The van der Waals surface area contributed by atoms with E-state index in [4.69, 9.17) is 32.2 Å². The smallest absolute Gasteiger partial charge is 0.341 e. The topological polar surface area (TPSA) is 167 Å². The SMILES string of the molecule is CC(C)Oc1cc(CCO)cc(CNc2ccc(Cl)cc2C(=O)Nc2ccc(C(=N)N)cc2)c1OCC(=O)O. The number of amidine groups is 1. The van der Waals surface area contributed by atoms with Crippen molar-refractivity contribution in [2.24, 2.45) is 5.73 Å². The second-order valence-electron chi connectivity index (χ2n) is 8.89. The highest BCUT2D eigenvalue weighted by Gasteiger charge is 2.18. The van der Waals surface area contributed by atoms with Gasteiger partial charge >= 0.3 is 5.97 Å². The van der Waals surface area contributed by atoms with Gasteiger partial charge in [0.15, 0.2) is 18.1 Å². The molecular weight excluding hydrogens is 524 g/mol. The third-order valence-electron chi connectivity index (χ3n) is 5.44. The number of carboxylic acids is 1. The van der Waals surface area contributed by atoms with E-state index in [0.717, 1.165) is 5.56 Å². The molecule has 0 heterocycles. The molecule has 206 valence electrons. The second-order valence-corrected chi connectivity index (χ2v) is 9.33. The molecule has 3 rings (SSSR count). The highest BCUT2D eigenvalue weighted by molar-refractivity contribution is 6.31.